The van der Waals surface area contributed by atoms with Gasteiger partial charge in [-0.15, -0.1) is 0 Å². The lowest BCUT2D eigenvalue weighted by atomic mass is 9.99. The average Bonchev–Trinajstić information content (AvgIpc) is 3.00. The minimum atomic E-state index is 0.118. The fraction of sp³-hybridized carbons (Fsp3) is 0.176. The van der Waals surface area contributed by atoms with Crippen LogP contribution in [-0.2, 0) is 0 Å². The van der Waals surface area contributed by atoms with E-state index in [9.17, 15) is 0 Å². The first-order valence-corrected chi connectivity index (χ1v) is 8.28. The Hall–Kier alpha value is -1.72. The van der Waals surface area contributed by atoms with E-state index in [1.807, 2.05) is 42.4 Å². The van der Waals surface area contributed by atoms with Crippen LogP contribution in [0.25, 0.3) is 0 Å². The lowest BCUT2D eigenvalue weighted by Gasteiger charge is -2.23. The molecule has 1 N–H and O–H groups in total. The molecule has 0 aromatic heterocycles. The zero-order valence-corrected chi connectivity index (χ0v) is 14.6. The summed E-state index contributed by atoms with van der Waals surface area (Å²) in [6.45, 7) is 0. The van der Waals surface area contributed by atoms with Crippen LogP contribution in [0.15, 0.2) is 64.2 Å². The Morgan fingerprint density at radius 3 is 2.68 bits per heavy atom. The van der Waals surface area contributed by atoms with Crippen molar-refractivity contribution in [3.8, 4) is 0 Å². The summed E-state index contributed by atoms with van der Waals surface area (Å²) in [6.07, 6.45) is 0.836. The second-order valence-corrected chi connectivity index (χ2v) is 6.39. The van der Waals surface area contributed by atoms with Crippen LogP contribution in [0.2, 0.25) is 0 Å². The van der Waals surface area contributed by atoms with Gasteiger partial charge < -0.3 is 5.32 Å². The summed E-state index contributed by atoms with van der Waals surface area (Å²) in [5, 5.41) is 10.3. The molecule has 112 valence electrons. The molecule has 1 aliphatic rings. The van der Waals surface area contributed by atoms with Gasteiger partial charge >= 0.3 is 0 Å². The van der Waals surface area contributed by atoms with E-state index < -0.39 is 0 Å². The van der Waals surface area contributed by atoms with Gasteiger partial charge in [-0.25, -0.2) is 5.01 Å². The number of nitrogens with zero attached hydrogens (tertiary/aromatic N) is 2. The number of benzene rings is 2. The second-order valence-electron chi connectivity index (χ2n) is 5.09. The van der Waals surface area contributed by atoms with E-state index in [1.54, 1.807) is 0 Å². The predicted octanol–water partition coefficient (Wildman–Crippen LogP) is 4.10. The smallest absolute Gasteiger partial charge is 0.189 e. The summed E-state index contributed by atoms with van der Waals surface area (Å²) < 4.78 is 1.06. The van der Waals surface area contributed by atoms with E-state index in [0.29, 0.717) is 5.11 Å². The van der Waals surface area contributed by atoms with Gasteiger partial charge in [0.1, 0.15) is 0 Å². The molecule has 22 heavy (non-hydrogen) atoms. The highest BCUT2D eigenvalue weighted by Crippen LogP contribution is 2.33. The molecule has 0 amide bonds. The van der Waals surface area contributed by atoms with Gasteiger partial charge in [0.2, 0.25) is 0 Å². The van der Waals surface area contributed by atoms with Crippen molar-refractivity contribution in [3.05, 3.63) is 70.2 Å². The minimum absolute atomic E-state index is 0.118. The number of halogens is 1. The third kappa shape index (κ3) is 3.05. The first kappa shape index (κ1) is 15.2. The molecule has 0 unspecified atom stereocenters. The Kier molecular flexibility index (Phi) is 4.55. The van der Waals surface area contributed by atoms with Crippen LogP contribution in [0.1, 0.15) is 23.6 Å². The van der Waals surface area contributed by atoms with Gasteiger partial charge in [-0.3, -0.25) is 0 Å². The number of hydrazone groups is 1. The van der Waals surface area contributed by atoms with Crippen molar-refractivity contribution in [1.29, 1.82) is 0 Å². The molecule has 2 aromatic rings. The van der Waals surface area contributed by atoms with Crippen LogP contribution in [0, 0.1) is 0 Å². The van der Waals surface area contributed by atoms with Crippen LogP contribution in [0.5, 0.6) is 0 Å². The number of hydrogen-bond acceptors (Lipinski definition) is 2. The summed E-state index contributed by atoms with van der Waals surface area (Å²) in [4.78, 5) is 0. The Morgan fingerprint density at radius 1 is 1.23 bits per heavy atom. The number of rotatable bonds is 2. The van der Waals surface area contributed by atoms with Gasteiger partial charge in [-0.05, 0) is 35.5 Å². The van der Waals surface area contributed by atoms with Gasteiger partial charge in [0.15, 0.2) is 5.11 Å². The summed E-state index contributed by atoms with van der Waals surface area (Å²) in [7, 11) is 1.83. The molecule has 3 rings (SSSR count). The standard InChI is InChI=1S/C17H16BrN3S/c1-19-17(22)21-16(13-8-5-9-14(18)10-13)11-15(20-21)12-6-3-2-4-7-12/h2-10,16H,11H2,1H3,(H,19,22)/t16-/m0/s1. The molecule has 0 bridgehead atoms. The van der Waals surface area contributed by atoms with Crippen molar-refractivity contribution in [2.45, 2.75) is 12.5 Å². The highest BCUT2D eigenvalue weighted by atomic mass is 79.9. The van der Waals surface area contributed by atoms with Crippen molar-refractivity contribution in [1.82, 2.24) is 10.3 Å². The second kappa shape index (κ2) is 6.58. The monoisotopic (exact) mass is 373 g/mol. The lowest BCUT2D eigenvalue weighted by molar-refractivity contribution is 0.366. The van der Waals surface area contributed by atoms with Crippen molar-refractivity contribution < 1.29 is 0 Å². The fourth-order valence-corrected chi connectivity index (χ4v) is 3.18. The van der Waals surface area contributed by atoms with Crippen molar-refractivity contribution in [2.24, 2.45) is 5.10 Å². The molecule has 2 aromatic carbocycles. The topological polar surface area (TPSA) is 27.6 Å². The van der Waals surface area contributed by atoms with E-state index in [2.05, 4.69) is 45.5 Å². The first-order valence-electron chi connectivity index (χ1n) is 7.08. The molecular weight excluding hydrogens is 358 g/mol. The van der Waals surface area contributed by atoms with E-state index in [4.69, 9.17) is 17.3 Å². The lowest BCUT2D eigenvalue weighted by Crippen LogP contribution is -2.34. The molecular formula is C17H16BrN3S. The molecule has 3 nitrogen and oxygen atoms in total. The zero-order valence-electron chi connectivity index (χ0n) is 12.2. The molecule has 0 fully saturated rings. The van der Waals surface area contributed by atoms with Crippen LogP contribution in [0.4, 0.5) is 0 Å². The summed E-state index contributed by atoms with van der Waals surface area (Å²) >= 11 is 8.96. The summed E-state index contributed by atoms with van der Waals surface area (Å²) in [6, 6.07) is 18.7. The van der Waals surface area contributed by atoms with E-state index in [1.165, 1.54) is 5.56 Å². The molecule has 0 aliphatic carbocycles. The Morgan fingerprint density at radius 2 is 2.00 bits per heavy atom. The van der Waals surface area contributed by atoms with Crippen molar-refractivity contribution in [3.63, 3.8) is 0 Å². The highest BCUT2D eigenvalue weighted by Gasteiger charge is 2.30. The molecule has 1 heterocycles. The van der Waals surface area contributed by atoms with Crippen LogP contribution >= 0.6 is 28.1 Å². The first-order chi connectivity index (χ1) is 10.7. The van der Waals surface area contributed by atoms with Crippen LogP contribution in [0.3, 0.4) is 0 Å². The SMILES string of the molecule is CNC(=S)N1N=C(c2ccccc2)C[C@H]1c1cccc(Br)c1. The normalized spacial score (nSPS) is 17.3. The maximum Gasteiger partial charge on any atom is 0.189 e. The van der Waals surface area contributed by atoms with Gasteiger partial charge in [0, 0.05) is 17.9 Å². The Balaban J connectivity index is 1.96. The number of hydrogen-bond donors (Lipinski definition) is 1. The van der Waals surface area contributed by atoms with Gasteiger partial charge in [0.05, 0.1) is 11.8 Å². The number of nitrogens with one attached hydrogen (secondary N) is 1. The average molecular weight is 374 g/mol. The van der Waals surface area contributed by atoms with Crippen LogP contribution in [-0.4, -0.2) is 22.9 Å². The third-order valence-corrected chi connectivity index (χ3v) is 4.56. The quantitative estimate of drug-likeness (QED) is 0.802. The maximum atomic E-state index is 5.42. The molecule has 5 heteroatoms. The van der Waals surface area contributed by atoms with Gasteiger partial charge in [-0.1, -0.05) is 58.4 Å². The molecule has 1 atom stereocenters. The molecule has 0 radical (unpaired) electrons. The van der Waals surface area contributed by atoms with Crippen molar-refractivity contribution >= 4 is 39.0 Å². The summed E-state index contributed by atoms with van der Waals surface area (Å²) in [5.41, 5.74) is 3.40. The molecule has 1 aliphatic heterocycles. The molecule has 0 saturated heterocycles. The molecule has 0 saturated carbocycles. The van der Waals surface area contributed by atoms with Crippen LogP contribution < -0.4 is 5.32 Å². The van der Waals surface area contributed by atoms with E-state index in [0.717, 1.165) is 22.2 Å². The minimum Gasteiger partial charge on any atom is -0.364 e. The largest absolute Gasteiger partial charge is 0.364 e. The Bertz CT molecular complexity index is 715. The Labute approximate surface area is 144 Å². The third-order valence-electron chi connectivity index (χ3n) is 3.67. The highest BCUT2D eigenvalue weighted by molar-refractivity contribution is 9.10. The van der Waals surface area contributed by atoms with E-state index >= 15 is 0 Å². The number of thiocarbonyl (C=S) groups is 1. The van der Waals surface area contributed by atoms with E-state index in [-0.39, 0.29) is 6.04 Å². The predicted molar refractivity (Wildman–Crippen MR) is 98.0 cm³/mol. The van der Waals surface area contributed by atoms with Gasteiger partial charge in [-0.2, -0.15) is 5.10 Å². The maximum absolute atomic E-state index is 5.42. The van der Waals surface area contributed by atoms with Crippen molar-refractivity contribution in [2.75, 3.05) is 7.05 Å². The summed E-state index contributed by atoms with van der Waals surface area (Å²) in [5.74, 6) is 0. The zero-order chi connectivity index (χ0) is 15.5. The fourth-order valence-electron chi connectivity index (χ4n) is 2.59. The molecule has 0 spiro atoms. The van der Waals surface area contributed by atoms with Gasteiger partial charge in [0.25, 0.3) is 0 Å².